The molecule has 2 rings (SSSR count). The fourth-order valence-corrected chi connectivity index (χ4v) is 1.61. The predicted molar refractivity (Wildman–Crippen MR) is 66.3 cm³/mol. The number of carbonyl (C=O) groups is 1. The fraction of sp³-hybridized carbons (Fsp3) is 0.0714. The Morgan fingerprint density at radius 2 is 2.00 bits per heavy atom. The number of carbonyl (C=O) groups excluding carboxylic acids is 1. The Bertz CT molecular complexity index is 635. The number of phenolic OH excluding ortho intramolecular Hbond substituents is 1. The van der Waals surface area contributed by atoms with Crippen LogP contribution in [0.1, 0.15) is 12.0 Å². The quantitative estimate of drug-likeness (QED) is 0.726. The second kappa shape index (κ2) is 4.58. The summed E-state index contributed by atoms with van der Waals surface area (Å²) in [6, 6.07) is 11.0. The maximum absolute atomic E-state index is 10.6. The minimum Gasteiger partial charge on any atom is -0.507 e. The molecule has 0 aliphatic carbocycles. The lowest BCUT2D eigenvalue weighted by Gasteiger charge is -2.02. The van der Waals surface area contributed by atoms with E-state index in [9.17, 15) is 9.90 Å². The third kappa shape index (κ3) is 2.37. The van der Waals surface area contributed by atoms with E-state index in [1.807, 2.05) is 30.3 Å². The highest BCUT2D eigenvalue weighted by molar-refractivity contribution is 5.90. The van der Waals surface area contributed by atoms with Gasteiger partial charge >= 0.3 is 0 Å². The predicted octanol–water partition coefficient (Wildman–Crippen LogP) is 1.77. The second-order valence-electron chi connectivity index (χ2n) is 3.63. The van der Waals surface area contributed by atoms with E-state index in [4.69, 9.17) is 5.73 Å². The smallest absolute Gasteiger partial charge is 0.229 e. The molecule has 3 N–H and O–H groups in total. The van der Waals surface area contributed by atoms with Crippen molar-refractivity contribution < 1.29 is 9.90 Å². The van der Waals surface area contributed by atoms with Crippen LogP contribution in [0.2, 0.25) is 0 Å². The largest absolute Gasteiger partial charge is 0.507 e. The zero-order chi connectivity index (χ0) is 12.3. The summed E-state index contributed by atoms with van der Waals surface area (Å²) in [7, 11) is 0. The Labute approximate surface area is 98.9 Å². The van der Waals surface area contributed by atoms with Crippen molar-refractivity contribution in [2.75, 3.05) is 0 Å². The summed E-state index contributed by atoms with van der Waals surface area (Å²) in [5.74, 6) is 5.07. The van der Waals surface area contributed by atoms with Crippen LogP contribution in [0.4, 0.5) is 0 Å². The summed E-state index contributed by atoms with van der Waals surface area (Å²) in [6.07, 6.45) is -0.0112. The van der Waals surface area contributed by atoms with Gasteiger partial charge in [0.2, 0.25) is 5.91 Å². The third-order valence-electron chi connectivity index (χ3n) is 2.38. The Morgan fingerprint density at radius 1 is 1.24 bits per heavy atom. The van der Waals surface area contributed by atoms with Crippen LogP contribution in [0.5, 0.6) is 5.75 Å². The molecule has 0 atom stereocenters. The molecule has 0 saturated heterocycles. The Balaban J connectivity index is 2.54. The number of phenols is 1. The van der Waals surface area contributed by atoms with Crippen LogP contribution in [0, 0.1) is 11.8 Å². The molecule has 84 valence electrons. The minimum atomic E-state index is -0.475. The van der Waals surface area contributed by atoms with Gasteiger partial charge in [-0.1, -0.05) is 42.2 Å². The normalized spacial score (nSPS) is 9.65. The first kappa shape index (κ1) is 11.0. The average molecular weight is 225 g/mol. The lowest BCUT2D eigenvalue weighted by atomic mass is 10.0. The number of hydrogen-bond donors (Lipinski definition) is 2. The van der Waals surface area contributed by atoms with E-state index < -0.39 is 5.91 Å². The van der Waals surface area contributed by atoms with Gasteiger partial charge in [0.1, 0.15) is 5.75 Å². The lowest BCUT2D eigenvalue weighted by Crippen LogP contribution is -2.08. The molecule has 0 spiro atoms. The number of hydrogen-bond acceptors (Lipinski definition) is 2. The summed E-state index contributed by atoms with van der Waals surface area (Å²) in [4.78, 5) is 10.6. The highest BCUT2D eigenvalue weighted by Gasteiger charge is 2.03. The molecule has 0 aliphatic heterocycles. The summed E-state index contributed by atoms with van der Waals surface area (Å²) in [5.41, 5.74) is 5.54. The number of nitrogens with two attached hydrogens (primary N) is 1. The van der Waals surface area contributed by atoms with Gasteiger partial charge < -0.3 is 10.8 Å². The van der Waals surface area contributed by atoms with Gasteiger partial charge in [0.05, 0.1) is 12.0 Å². The molecule has 0 saturated carbocycles. The SMILES string of the molecule is NC(=O)CC#Cc1c(O)ccc2ccccc12. The van der Waals surface area contributed by atoms with E-state index >= 15 is 0 Å². The molecule has 0 fully saturated rings. The Kier molecular flexibility index (Phi) is 2.97. The average Bonchev–Trinajstić information content (AvgIpc) is 2.32. The molecule has 17 heavy (non-hydrogen) atoms. The van der Waals surface area contributed by atoms with Crippen molar-refractivity contribution in [1.82, 2.24) is 0 Å². The van der Waals surface area contributed by atoms with Gasteiger partial charge in [-0.3, -0.25) is 4.79 Å². The van der Waals surface area contributed by atoms with Crippen LogP contribution in [-0.2, 0) is 4.79 Å². The van der Waals surface area contributed by atoms with Crippen molar-refractivity contribution in [1.29, 1.82) is 0 Å². The zero-order valence-electron chi connectivity index (χ0n) is 9.10. The molecule has 0 aliphatic rings. The lowest BCUT2D eigenvalue weighted by molar-refractivity contribution is -0.117. The van der Waals surface area contributed by atoms with Crippen LogP contribution in [0.25, 0.3) is 10.8 Å². The van der Waals surface area contributed by atoms with E-state index in [2.05, 4.69) is 11.8 Å². The van der Waals surface area contributed by atoms with Crippen LogP contribution in [0.3, 0.4) is 0 Å². The molecule has 0 unspecified atom stereocenters. The molecule has 2 aromatic carbocycles. The van der Waals surface area contributed by atoms with Crippen LogP contribution < -0.4 is 5.73 Å². The van der Waals surface area contributed by atoms with Crippen LogP contribution in [0.15, 0.2) is 36.4 Å². The molecule has 0 aromatic heterocycles. The van der Waals surface area contributed by atoms with Crippen LogP contribution in [-0.4, -0.2) is 11.0 Å². The molecule has 3 heteroatoms. The van der Waals surface area contributed by atoms with Gasteiger partial charge in [-0.25, -0.2) is 0 Å². The molecule has 0 radical (unpaired) electrons. The highest BCUT2D eigenvalue weighted by atomic mass is 16.3. The molecule has 2 aromatic rings. The van der Waals surface area contributed by atoms with Gasteiger partial charge in [-0.05, 0) is 11.5 Å². The van der Waals surface area contributed by atoms with E-state index in [0.717, 1.165) is 10.8 Å². The van der Waals surface area contributed by atoms with E-state index in [1.54, 1.807) is 6.07 Å². The highest BCUT2D eigenvalue weighted by Crippen LogP contribution is 2.25. The second-order valence-corrected chi connectivity index (χ2v) is 3.63. The summed E-state index contributed by atoms with van der Waals surface area (Å²) < 4.78 is 0. The minimum absolute atomic E-state index is 0.0112. The van der Waals surface area contributed by atoms with E-state index in [-0.39, 0.29) is 12.2 Å². The first-order valence-electron chi connectivity index (χ1n) is 5.16. The van der Waals surface area contributed by atoms with Gasteiger partial charge in [-0.15, -0.1) is 0 Å². The number of fused-ring (bicyclic) bond motifs is 1. The third-order valence-corrected chi connectivity index (χ3v) is 2.38. The van der Waals surface area contributed by atoms with Gasteiger partial charge in [0.15, 0.2) is 0 Å². The molecule has 0 bridgehead atoms. The van der Waals surface area contributed by atoms with Crippen molar-refractivity contribution in [2.45, 2.75) is 6.42 Å². The number of rotatable bonds is 1. The maximum Gasteiger partial charge on any atom is 0.229 e. The van der Waals surface area contributed by atoms with Crippen LogP contribution >= 0.6 is 0 Å². The molecule has 1 amide bonds. The fourth-order valence-electron chi connectivity index (χ4n) is 1.61. The first-order chi connectivity index (χ1) is 8.18. The zero-order valence-corrected chi connectivity index (χ0v) is 9.10. The monoisotopic (exact) mass is 225 g/mol. The molecular weight excluding hydrogens is 214 g/mol. The first-order valence-corrected chi connectivity index (χ1v) is 5.16. The maximum atomic E-state index is 10.6. The van der Waals surface area contributed by atoms with E-state index in [0.29, 0.717) is 5.56 Å². The van der Waals surface area contributed by atoms with Crippen molar-refractivity contribution in [3.8, 4) is 17.6 Å². The standard InChI is InChI=1S/C14H11NO2/c15-14(17)7-3-6-12-11-5-2-1-4-10(11)8-9-13(12)16/h1-2,4-5,8-9,16H,7H2,(H2,15,17). The molecular formula is C14H11NO2. The summed E-state index contributed by atoms with van der Waals surface area (Å²) in [6.45, 7) is 0. The summed E-state index contributed by atoms with van der Waals surface area (Å²) in [5, 5.41) is 11.6. The topological polar surface area (TPSA) is 63.3 Å². The number of amides is 1. The van der Waals surface area contributed by atoms with E-state index in [1.165, 1.54) is 0 Å². The molecule has 0 heterocycles. The summed E-state index contributed by atoms with van der Waals surface area (Å²) >= 11 is 0. The Morgan fingerprint density at radius 3 is 2.76 bits per heavy atom. The van der Waals surface area contributed by atoms with Crippen molar-refractivity contribution in [3.05, 3.63) is 42.0 Å². The van der Waals surface area contributed by atoms with Gasteiger partial charge in [0.25, 0.3) is 0 Å². The van der Waals surface area contributed by atoms with Crippen molar-refractivity contribution in [2.24, 2.45) is 5.73 Å². The van der Waals surface area contributed by atoms with Gasteiger partial charge in [0, 0.05) is 5.39 Å². The Hall–Kier alpha value is -2.47. The van der Waals surface area contributed by atoms with Crippen molar-refractivity contribution >= 4 is 16.7 Å². The molecule has 3 nitrogen and oxygen atoms in total. The van der Waals surface area contributed by atoms with Gasteiger partial charge in [-0.2, -0.15) is 0 Å². The number of aromatic hydroxyl groups is 1. The van der Waals surface area contributed by atoms with Crippen molar-refractivity contribution in [3.63, 3.8) is 0 Å². The number of primary amides is 1. The number of benzene rings is 2.